The van der Waals surface area contributed by atoms with Crippen molar-refractivity contribution in [2.75, 3.05) is 18.8 Å². The van der Waals surface area contributed by atoms with Crippen molar-refractivity contribution in [3.8, 4) is 6.07 Å². The molecule has 0 saturated heterocycles. The molecule has 0 atom stereocenters. The molecule has 0 unspecified atom stereocenters. The topological polar surface area (TPSA) is 90.3 Å². The van der Waals surface area contributed by atoms with Crippen molar-refractivity contribution in [3.05, 3.63) is 29.8 Å². The molecule has 0 radical (unpaired) electrons. The number of ketones is 1. The molecule has 6 nitrogen and oxygen atoms in total. The second-order valence-electron chi connectivity index (χ2n) is 3.72. The van der Waals surface area contributed by atoms with Crippen LogP contribution in [0.25, 0.3) is 0 Å². The molecule has 0 amide bonds. The van der Waals surface area contributed by atoms with Gasteiger partial charge >= 0.3 is 10.2 Å². The number of hydrogen-bond acceptors (Lipinski definition) is 4. The van der Waals surface area contributed by atoms with Gasteiger partial charge in [0.25, 0.3) is 0 Å². The zero-order chi connectivity index (χ0) is 13.8. The van der Waals surface area contributed by atoms with Gasteiger partial charge in [-0.05, 0) is 24.3 Å². The zero-order valence-electron chi connectivity index (χ0n) is 10.0. The van der Waals surface area contributed by atoms with Crippen molar-refractivity contribution >= 4 is 21.7 Å². The highest BCUT2D eigenvalue weighted by atomic mass is 32.2. The number of rotatable bonds is 5. The summed E-state index contributed by atoms with van der Waals surface area (Å²) in [4.78, 5) is 11.4. The number of Topliss-reactive ketones (excluding diaryl/α,β-unsaturated/α-hetero) is 1. The normalized spacial score (nSPS) is 11.0. The molecule has 0 aliphatic heterocycles. The molecule has 0 aliphatic carbocycles. The summed E-state index contributed by atoms with van der Waals surface area (Å²) in [5.74, 6) is -0.292. The Bertz CT molecular complexity index is 571. The lowest BCUT2D eigenvalue weighted by Gasteiger charge is -2.13. The van der Waals surface area contributed by atoms with Crippen LogP contribution >= 0.6 is 0 Å². The maximum absolute atomic E-state index is 11.5. The standard InChI is InChI=1S/C11H13N3O3S/c1-14(2)18(16,17)13-10-5-3-9(4-6-10)11(15)7-8-12/h3-6,13H,7H2,1-2H3. The Hall–Kier alpha value is -1.91. The molecule has 1 rings (SSSR count). The van der Waals surface area contributed by atoms with Gasteiger partial charge in [0.05, 0.1) is 12.5 Å². The Balaban J connectivity index is 2.85. The van der Waals surface area contributed by atoms with Crippen LogP contribution in [0.4, 0.5) is 5.69 Å². The van der Waals surface area contributed by atoms with Crippen molar-refractivity contribution in [2.45, 2.75) is 6.42 Å². The SMILES string of the molecule is CN(C)S(=O)(=O)Nc1ccc(C(=O)CC#N)cc1. The molecule has 0 saturated carbocycles. The molecule has 0 fully saturated rings. The molecule has 1 N–H and O–H groups in total. The van der Waals surface area contributed by atoms with E-state index in [0.29, 0.717) is 11.3 Å². The first-order valence-electron chi connectivity index (χ1n) is 5.07. The van der Waals surface area contributed by atoms with Crippen LogP contribution in [-0.2, 0) is 10.2 Å². The molecule has 18 heavy (non-hydrogen) atoms. The summed E-state index contributed by atoms with van der Waals surface area (Å²) in [7, 11) is -0.729. The monoisotopic (exact) mass is 267 g/mol. The summed E-state index contributed by atoms with van der Waals surface area (Å²) >= 11 is 0. The van der Waals surface area contributed by atoms with Gasteiger partial charge in [-0.3, -0.25) is 9.52 Å². The van der Waals surface area contributed by atoms with Crippen LogP contribution in [0.3, 0.4) is 0 Å². The second-order valence-corrected chi connectivity index (χ2v) is 5.61. The van der Waals surface area contributed by atoms with Gasteiger partial charge in [-0.15, -0.1) is 0 Å². The van der Waals surface area contributed by atoms with E-state index >= 15 is 0 Å². The molecule has 0 spiro atoms. The molecule has 1 aromatic carbocycles. The van der Waals surface area contributed by atoms with E-state index in [-0.39, 0.29) is 12.2 Å². The molecule has 0 aliphatic rings. The third-order valence-electron chi connectivity index (χ3n) is 2.17. The van der Waals surface area contributed by atoms with Crippen molar-refractivity contribution < 1.29 is 13.2 Å². The summed E-state index contributed by atoms with van der Waals surface area (Å²) in [5.41, 5.74) is 0.738. The minimum Gasteiger partial charge on any atom is -0.293 e. The Morgan fingerprint density at radius 2 is 1.89 bits per heavy atom. The van der Waals surface area contributed by atoms with E-state index in [1.54, 1.807) is 6.07 Å². The first-order chi connectivity index (χ1) is 8.36. The van der Waals surface area contributed by atoms with Crippen LogP contribution in [0.2, 0.25) is 0 Å². The third kappa shape index (κ3) is 3.55. The van der Waals surface area contributed by atoms with E-state index in [4.69, 9.17) is 5.26 Å². The van der Waals surface area contributed by atoms with Crippen LogP contribution < -0.4 is 4.72 Å². The average molecular weight is 267 g/mol. The van der Waals surface area contributed by atoms with Gasteiger partial charge in [0.15, 0.2) is 5.78 Å². The molecular formula is C11H13N3O3S. The lowest BCUT2D eigenvalue weighted by molar-refractivity contribution is 0.0998. The summed E-state index contributed by atoms with van der Waals surface area (Å²) in [6, 6.07) is 7.68. The average Bonchev–Trinajstić information content (AvgIpc) is 2.29. The predicted molar refractivity (Wildman–Crippen MR) is 67.2 cm³/mol. The van der Waals surface area contributed by atoms with Gasteiger partial charge in [-0.2, -0.15) is 18.0 Å². The van der Waals surface area contributed by atoms with Gasteiger partial charge in [-0.25, -0.2) is 0 Å². The fourth-order valence-corrected chi connectivity index (χ4v) is 1.75. The van der Waals surface area contributed by atoms with Crippen molar-refractivity contribution in [3.63, 3.8) is 0 Å². The Morgan fingerprint density at radius 3 is 2.33 bits per heavy atom. The maximum atomic E-state index is 11.5. The largest absolute Gasteiger partial charge is 0.301 e. The van der Waals surface area contributed by atoms with Crippen molar-refractivity contribution in [1.82, 2.24) is 4.31 Å². The Morgan fingerprint density at radius 1 is 1.33 bits per heavy atom. The van der Waals surface area contributed by atoms with Gasteiger partial charge in [0.1, 0.15) is 0 Å². The van der Waals surface area contributed by atoms with Crippen molar-refractivity contribution in [2.24, 2.45) is 0 Å². The number of benzene rings is 1. The minimum atomic E-state index is -3.55. The first kappa shape index (κ1) is 14.2. The smallest absolute Gasteiger partial charge is 0.293 e. The number of carbonyl (C=O) groups excluding carboxylic acids is 1. The lowest BCUT2D eigenvalue weighted by atomic mass is 10.1. The van der Waals surface area contributed by atoms with Crippen molar-refractivity contribution in [1.29, 1.82) is 5.26 Å². The number of nitriles is 1. The fourth-order valence-electron chi connectivity index (χ4n) is 1.14. The molecule has 96 valence electrons. The molecule has 1 aromatic rings. The second kappa shape index (κ2) is 5.62. The Labute approximate surface area is 106 Å². The predicted octanol–water partition coefficient (Wildman–Crippen LogP) is 1.00. The lowest BCUT2D eigenvalue weighted by Crippen LogP contribution is -2.28. The minimum absolute atomic E-state index is 0.192. The fraction of sp³-hybridized carbons (Fsp3) is 0.273. The molecule has 0 heterocycles. The number of nitrogens with zero attached hydrogens (tertiary/aromatic N) is 2. The van der Waals surface area contributed by atoms with Crippen LogP contribution in [0.1, 0.15) is 16.8 Å². The summed E-state index contributed by atoms with van der Waals surface area (Å²) in [6.07, 6.45) is -0.192. The Kier molecular flexibility index (Phi) is 4.42. The number of carbonyl (C=O) groups is 1. The van der Waals surface area contributed by atoms with E-state index in [1.807, 2.05) is 0 Å². The van der Waals surface area contributed by atoms with Crippen LogP contribution in [0.5, 0.6) is 0 Å². The maximum Gasteiger partial charge on any atom is 0.301 e. The van der Waals surface area contributed by atoms with E-state index in [0.717, 1.165) is 4.31 Å². The number of hydrogen-bond donors (Lipinski definition) is 1. The van der Waals surface area contributed by atoms with Gasteiger partial charge in [0.2, 0.25) is 0 Å². The first-order valence-corrected chi connectivity index (χ1v) is 6.51. The van der Waals surface area contributed by atoms with Gasteiger partial charge in [0, 0.05) is 25.3 Å². The summed E-state index contributed by atoms with van der Waals surface area (Å²) in [5, 5.41) is 8.40. The summed E-state index contributed by atoms with van der Waals surface area (Å²) < 4.78 is 26.4. The highest BCUT2D eigenvalue weighted by Gasteiger charge is 2.13. The zero-order valence-corrected chi connectivity index (χ0v) is 10.9. The molecule has 7 heteroatoms. The third-order valence-corrected chi connectivity index (χ3v) is 3.63. The highest BCUT2D eigenvalue weighted by Crippen LogP contribution is 2.13. The quantitative estimate of drug-likeness (QED) is 0.806. The summed E-state index contributed by atoms with van der Waals surface area (Å²) in [6.45, 7) is 0. The van der Waals surface area contributed by atoms with Crippen LogP contribution in [-0.4, -0.2) is 32.6 Å². The van der Waals surface area contributed by atoms with E-state index in [2.05, 4.69) is 4.72 Å². The highest BCUT2D eigenvalue weighted by molar-refractivity contribution is 7.90. The van der Waals surface area contributed by atoms with Gasteiger partial charge < -0.3 is 0 Å². The van der Waals surface area contributed by atoms with E-state index in [9.17, 15) is 13.2 Å². The number of anilines is 1. The van der Waals surface area contributed by atoms with E-state index < -0.39 is 10.2 Å². The molecule has 0 bridgehead atoms. The number of nitrogens with one attached hydrogen (secondary N) is 1. The molecule has 0 aromatic heterocycles. The van der Waals surface area contributed by atoms with Crippen LogP contribution in [0.15, 0.2) is 24.3 Å². The van der Waals surface area contributed by atoms with Crippen LogP contribution in [0, 0.1) is 11.3 Å². The molecular weight excluding hydrogens is 254 g/mol. The van der Waals surface area contributed by atoms with E-state index in [1.165, 1.54) is 38.4 Å². The van der Waals surface area contributed by atoms with Gasteiger partial charge in [-0.1, -0.05) is 0 Å².